The van der Waals surface area contributed by atoms with Crippen molar-refractivity contribution in [1.29, 1.82) is 0 Å². The highest BCUT2D eigenvalue weighted by molar-refractivity contribution is 5.91. The predicted octanol–water partition coefficient (Wildman–Crippen LogP) is 1.46. The maximum absolute atomic E-state index is 11.7. The van der Waals surface area contributed by atoms with Gasteiger partial charge >= 0.3 is 0 Å². The van der Waals surface area contributed by atoms with Crippen molar-refractivity contribution in [3.63, 3.8) is 0 Å². The molecule has 1 aromatic rings. The molecule has 1 fully saturated rings. The quantitative estimate of drug-likeness (QED) is 0.890. The molecule has 6 nitrogen and oxygen atoms in total. The van der Waals surface area contributed by atoms with Crippen molar-refractivity contribution in [2.75, 3.05) is 39.0 Å². The van der Waals surface area contributed by atoms with Gasteiger partial charge in [-0.05, 0) is 37.9 Å². The topological polar surface area (TPSA) is 61.4 Å². The van der Waals surface area contributed by atoms with Crippen LogP contribution in [0.25, 0.3) is 0 Å². The maximum Gasteiger partial charge on any atom is 0.273 e. The lowest BCUT2D eigenvalue weighted by Crippen LogP contribution is -2.39. The largest absolute Gasteiger partial charge is 0.366 e. The second-order valence-electron chi connectivity index (χ2n) is 5.76. The first-order chi connectivity index (χ1) is 10.1. The third kappa shape index (κ3) is 4.39. The Kier molecular flexibility index (Phi) is 5.50. The fourth-order valence-electron chi connectivity index (χ4n) is 2.58. The van der Waals surface area contributed by atoms with Crippen molar-refractivity contribution < 1.29 is 4.79 Å². The lowest BCUT2D eigenvalue weighted by atomic mass is 10.0. The molecule has 1 aliphatic heterocycles. The molecular weight excluding hydrogens is 266 g/mol. The Morgan fingerprint density at radius 2 is 2.05 bits per heavy atom. The lowest BCUT2D eigenvalue weighted by molar-refractivity contribution is 0.0821. The first kappa shape index (κ1) is 15.7. The van der Waals surface area contributed by atoms with Crippen LogP contribution in [-0.4, -0.2) is 65.7 Å². The Morgan fingerprint density at radius 3 is 2.57 bits per heavy atom. The molecule has 6 heteroatoms. The average Bonchev–Trinajstić information content (AvgIpc) is 2.49. The maximum atomic E-state index is 11.7. The standard InChI is InChI=1S/C15H25N5O/c1-4-9-20-10-7-12(8-11-20)16-14-6-5-13(17-18-14)15(21)19(2)3/h5-6,12H,4,7-11H2,1-3H3,(H,16,18). The van der Waals surface area contributed by atoms with Crippen LogP contribution in [0.3, 0.4) is 0 Å². The van der Waals surface area contributed by atoms with E-state index in [9.17, 15) is 4.79 Å². The number of hydrogen-bond acceptors (Lipinski definition) is 5. The zero-order valence-electron chi connectivity index (χ0n) is 13.2. The molecule has 116 valence electrons. The van der Waals surface area contributed by atoms with Crippen molar-refractivity contribution in [1.82, 2.24) is 20.0 Å². The Balaban J connectivity index is 1.85. The first-order valence-corrected chi connectivity index (χ1v) is 7.64. The summed E-state index contributed by atoms with van der Waals surface area (Å²) in [5.41, 5.74) is 0.378. The molecule has 2 rings (SSSR count). The van der Waals surface area contributed by atoms with E-state index in [1.165, 1.54) is 17.9 Å². The van der Waals surface area contributed by atoms with Gasteiger partial charge in [0.05, 0.1) is 0 Å². The van der Waals surface area contributed by atoms with Gasteiger partial charge in [0.2, 0.25) is 0 Å². The summed E-state index contributed by atoms with van der Waals surface area (Å²) >= 11 is 0. The molecular formula is C15H25N5O. The summed E-state index contributed by atoms with van der Waals surface area (Å²) in [6.45, 7) is 5.68. The molecule has 0 bridgehead atoms. The van der Waals surface area contributed by atoms with Gasteiger partial charge < -0.3 is 15.1 Å². The van der Waals surface area contributed by atoms with Crippen molar-refractivity contribution >= 4 is 11.7 Å². The van der Waals surface area contributed by atoms with Crippen molar-refractivity contribution in [3.05, 3.63) is 17.8 Å². The highest BCUT2D eigenvalue weighted by Gasteiger charge is 2.19. The van der Waals surface area contributed by atoms with Gasteiger partial charge in [-0.3, -0.25) is 4.79 Å². The van der Waals surface area contributed by atoms with E-state index in [0.29, 0.717) is 11.7 Å². The number of carbonyl (C=O) groups excluding carboxylic acids is 1. The minimum Gasteiger partial charge on any atom is -0.366 e. The summed E-state index contributed by atoms with van der Waals surface area (Å²) in [4.78, 5) is 15.7. The molecule has 1 saturated heterocycles. The molecule has 0 radical (unpaired) electrons. The minimum atomic E-state index is -0.123. The number of likely N-dealkylation sites (tertiary alicyclic amines) is 1. The van der Waals surface area contributed by atoms with Crippen LogP contribution in [0.5, 0.6) is 0 Å². The molecule has 1 aromatic heterocycles. The van der Waals surface area contributed by atoms with Gasteiger partial charge in [-0.1, -0.05) is 6.92 Å². The Labute approximate surface area is 126 Å². The normalized spacial score (nSPS) is 16.7. The van der Waals surface area contributed by atoms with Crippen LogP contribution in [0, 0.1) is 0 Å². The molecule has 1 aliphatic rings. The third-order valence-electron chi connectivity index (χ3n) is 3.77. The molecule has 0 aromatic carbocycles. The number of hydrogen-bond donors (Lipinski definition) is 1. The number of amides is 1. The van der Waals surface area contributed by atoms with Crippen LogP contribution in [0.2, 0.25) is 0 Å². The van der Waals surface area contributed by atoms with Crippen LogP contribution in [0.1, 0.15) is 36.7 Å². The third-order valence-corrected chi connectivity index (χ3v) is 3.77. The Bertz CT molecular complexity index is 452. The second kappa shape index (κ2) is 7.36. The number of piperidine rings is 1. The van der Waals surface area contributed by atoms with E-state index >= 15 is 0 Å². The van der Waals surface area contributed by atoms with Gasteiger partial charge in [0.15, 0.2) is 5.69 Å². The summed E-state index contributed by atoms with van der Waals surface area (Å²) in [6.07, 6.45) is 3.46. The summed E-state index contributed by atoms with van der Waals surface area (Å²) in [5, 5.41) is 11.5. The Morgan fingerprint density at radius 1 is 1.33 bits per heavy atom. The molecule has 1 N–H and O–H groups in total. The van der Waals surface area contributed by atoms with Crippen LogP contribution in [0.15, 0.2) is 12.1 Å². The van der Waals surface area contributed by atoms with E-state index in [1.54, 1.807) is 20.2 Å². The zero-order valence-corrected chi connectivity index (χ0v) is 13.2. The van der Waals surface area contributed by atoms with Gasteiger partial charge in [0, 0.05) is 33.2 Å². The van der Waals surface area contributed by atoms with E-state index in [2.05, 4.69) is 27.3 Å². The molecule has 0 saturated carbocycles. The van der Waals surface area contributed by atoms with E-state index in [0.717, 1.165) is 31.7 Å². The zero-order chi connectivity index (χ0) is 15.2. The number of nitrogens with zero attached hydrogens (tertiary/aromatic N) is 4. The SMILES string of the molecule is CCCN1CCC(Nc2ccc(C(=O)N(C)C)nn2)CC1. The van der Waals surface area contributed by atoms with E-state index in [1.807, 2.05) is 6.07 Å². The number of nitrogens with one attached hydrogen (secondary N) is 1. The van der Waals surface area contributed by atoms with Gasteiger partial charge in [0.25, 0.3) is 5.91 Å². The van der Waals surface area contributed by atoms with Gasteiger partial charge in [-0.15, -0.1) is 10.2 Å². The fourth-order valence-corrected chi connectivity index (χ4v) is 2.58. The monoisotopic (exact) mass is 291 g/mol. The van der Waals surface area contributed by atoms with Gasteiger partial charge in [0.1, 0.15) is 5.82 Å². The molecule has 0 unspecified atom stereocenters. The van der Waals surface area contributed by atoms with Crippen molar-refractivity contribution in [2.45, 2.75) is 32.2 Å². The minimum absolute atomic E-state index is 0.123. The first-order valence-electron chi connectivity index (χ1n) is 7.64. The van der Waals surface area contributed by atoms with E-state index < -0.39 is 0 Å². The molecule has 0 aliphatic carbocycles. The lowest BCUT2D eigenvalue weighted by Gasteiger charge is -2.32. The number of anilines is 1. The molecule has 0 spiro atoms. The predicted molar refractivity (Wildman–Crippen MR) is 83.4 cm³/mol. The summed E-state index contributed by atoms with van der Waals surface area (Å²) in [6, 6.07) is 4.01. The average molecular weight is 291 g/mol. The molecule has 1 amide bonds. The van der Waals surface area contributed by atoms with E-state index in [-0.39, 0.29) is 5.91 Å². The smallest absolute Gasteiger partial charge is 0.273 e. The van der Waals surface area contributed by atoms with Gasteiger partial charge in [-0.25, -0.2) is 0 Å². The van der Waals surface area contributed by atoms with Crippen LogP contribution >= 0.6 is 0 Å². The molecule has 2 heterocycles. The second-order valence-corrected chi connectivity index (χ2v) is 5.76. The highest BCUT2D eigenvalue weighted by atomic mass is 16.2. The van der Waals surface area contributed by atoms with Crippen molar-refractivity contribution in [3.8, 4) is 0 Å². The number of rotatable bonds is 5. The Hall–Kier alpha value is -1.69. The van der Waals surface area contributed by atoms with Crippen LogP contribution in [0.4, 0.5) is 5.82 Å². The summed E-state index contributed by atoms with van der Waals surface area (Å²) in [5.74, 6) is 0.626. The number of carbonyl (C=O) groups is 1. The summed E-state index contributed by atoms with van der Waals surface area (Å²) < 4.78 is 0. The highest BCUT2D eigenvalue weighted by Crippen LogP contribution is 2.15. The van der Waals surface area contributed by atoms with Crippen molar-refractivity contribution in [2.24, 2.45) is 0 Å². The van der Waals surface area contributed by atoms with Crippen LogP contribution in [-0.2, 0) is 0 Å². The van der Waals surface area contributed by atoms with Gasteiger partial charge in [-0.2, -0.15) is 0 Å². The molecule has 0 atom stereocenters. The van der Waals surface area contributed by atoms with Crippen LogP contribution < -0.4 is 5.32 Å². The molecule has 21 heavy (non-hydrogen) atoms. The summed E-state index contributed by atoms with van der Waals surface area (Å²) in [7, 11) is 3.42. The van der Waals surface area contributed by atoms with E-state index in [4.69, 9.17) is 0 Å². The fraction of sp³-hybridized carbons (Fsp3) is 0.667. The number of aromatic nitrogens is 2.